The first-order valence-corrected chi connectivity index (χ1v) is 8.58. The molecule has 3 rings (SSSR count). The molecule has 0 aliphatic carbocycles. The van der Waals surface area contributed by atoms with Gasteiger partial charge in [0.25, 0.3) is 0 Å². The highest BCUT2D eigenvalue weighted by atomic mass is 35.5. The Balaban J connectivity index is 1.56. The first-order valence-electron chi connectivity index (χ1n) is 8.20. The summed E-state index contributed by atoms with van der Waals surface area (Å²) in [6.07, 6.45) is 0. The van der Waals surface area contributed by atoms with Gasteiger partial charge in [0.15, 0.2) is 5.78 Å². The maximum absolute atomic E-state index is 12.4. The Hall–Kier alpha value is -2.53. The van der Waals surface area contributed by atoms with Gasteiger partial charge in [0.2, 0.25) is 0 Å². The van der Waals surface area contributed by atoms with E-state index >= 15 is 0 Å². The highest BCUT2D eigenvalue weighted by Crippen LogP contribution is 2.19. The third kappa shape index (κ3) is 4.31. The van der Waals surface area contributed by atoms with Gasteiger partial charge in [-0.15, -0.1) is 0 Å². The van der Waals surface area contributed by atoms with Gasteiger partial charge in [0.05, 0.1) is 0 Å². The molecule has 1 aliphatic rings. The Bertz CT molecular complexity index is 768. The number of piperazine rings is 1. The fraction of sp³-hybridized carbons (Fsp3) is 0.263. The lowest BCUT2D eigenvalue weighted by Crippen LogP contribution is -2.50. The molecule has 1 saturated heterocycles. The van der Waals surface area contributed by atoms with E-state index in [9.17, 15) is 9.59 Å². The molecule has 1 N–H and O–H groups in total. The minimum absolute atomic E-state index is 0.0639. The van der Waals surface area contributed by atoms with Crippen LogP contribution in [0.5, 0.6) is 0 Å². The molecule has 1 fully saturated rings. The topological polar surface area (TPSA) is 52.7 Å². The zero-order valence-corrected chi connectivity index (χ0v) is 14.8. The molecule has 25 heavy (non-hydrogen) atoms. The second-order valence-electron chi connectivity index (χ2n) is 6.02. The Labute approximate surface area is 152 Å². The number of halogens is 1. The molecule has 0 saturated carbocycles. The number of amides is 2. The van der Waals surface area contributed by atoms with Crippen molar-refractivity contribution in [2.24, 2.45) is 0 Å². The summed E-state index contributed by atoms with van der Waals surface area (Å²) in [5.41, 5.74) is 2.47. The first kappa shape index (κ1) is 17.3. The van der Waals surface area contributed by atoms with Crippen LogP contribution in [0.1, 0.15) is 17.3 Å². The quantitative estimate of drug-likeness (QED) is 0.848. The normalized spacial score (nSPS) is 14.3. The fourth-order valence-electron chi connectivity index (χ4n) is 2.84. The summed E-state index contributed by atoms with van der Waals surface area (Å²) in [6, 6.07) is 14.6. The molecule has 6 heteroatoms. The lowest BCUT2D eigenvalue weighted by Gasteiger charge is -2.36. The lowest BCUT2D eigenvalue weighted by molar-refractivity contribution is 0.101. The van der Waals surface area contributed by atoms with Crippen molar-refractivity contribution in [1.82, 2.24) is 4.90 Å². The number of urea groups is 1. The van der Waals surface area contributed by atoms with Crippen molar-refractivity contribution in [3.8, 4) is 0 Å². The summed E-state index contributed by atoms with van der Waals surface area (Å²) in [5.74, 6) is 0.0639. The number of carbonyl (C=O) groups excluding carboxylic acids is 2. The zero-order chi connectivity index (χ0) is 17.8. The average molecular weight is 358 g/mol. The molecule has 2 amide bonds. The lowest BCUT2D eigenvalue weighted by atomic mass is 10.1. The molecule has 1 aliphatic heterocycles. The summed E-state index contributed by atoms with van der Waals surface area (Å²) in [5, 5.41) is 3.47. The predicted octanol–water partition coefficient (Wildman–Crippen LogP) is 3.90. The standard InChI is InChI=1S/C19H20ClN3O2/c1-14(24)15-5-7-18(8-6-15)22-9-11-23(12-10-22)19(25)21-17-4-2-3-16(20)13-17/h2-8,13H,9-12H2,1H3,(H,21,25). The van der Waals surface area contributed by atoms with E-state index in [4.69, 9.17) is 11.6 Å². The third-order valence-corrected chi connectivity index (χ3v) is 4.52. The second kappa shape index (κ2) is 7.57. The van der Waals surface area contributed by atoms with E-state index in [1.54, 1.807) is 30.0 Å². The number of hydrogen-bond donors (Lipinski definition) is 1. The number of hydrogen-bond acceptors (Lipinski definition) is 3. The van der Waals surface area contributed by atoms with Gasteiger partial charge in [-0.2, -0.15) is 0 Å². The number of nitrogens with one attached hydrogen (secondary N) is 1. The first-order chi connectivity index (χ1) is 12.0. The largest absolute Gasteiger partial charge is 0.368 e. The van der Waals surface area contributed by atoms with Crippen LogP contribution in [0.3, 0.4) is 0 Å². The Morgan fingerprint density at radius 3 is 2.28 bits per heavy atom. The number of anilines is 2. The van der Waals surface area contributed by atoms with E-state index in [2.05, 4.69) is 10.2 Å². The average Bonchev–Trinajstić information content (AvgIpc) is 2.62. The van der Waals surface area contributed by atoms with Crippen LogP contribution in [0.25, 0.3) is 0 Å². The molecule has 0 radical (unpaired) electrons. The van der Waals surface area contributed by atoms with E-state index in [-0.39, 0.29) is 11.8 Å². The molecule has 5 nitrogen and oxygen atoms in total. The van der Waals surface area contributed by atoms with Gasteiger partial charge in [-0.1, -0.05) is 17.7 Å². The molecular formula is C19H20ClN3O2. The van der Waals surface area contributed by atoms with Gasteiger partial charge in [-0.3, -0.25) is 4.79 Å². The molecule has 2 aromatic rings. The summed E-state index contributed by atoms with van der Waals surface area (Å²) >= 11 is 5.94. The van der Waals surface area contributed by atoms with Crippen LogP contribution in [-0.2, 0) is 0 Å². The summed E-state index contributed by atoms with van der Waals surface area (Å²) in [7, 11) is 0. The van der Waals surface area contributed by atoms with Crippen LogP contribution < -0.4 is 10.2 Å². The van der Waals surface area contributed by atoms with Crippen LogP contribution in [-0.4, -0.2) is 42.9 Å². The number of ketones is 1. The molecule has 1 heterocycles. The van der Waals surface area contributed by atoms with E-state index in [1.165, 1.54) is 0 Å². The Morgan fingerprint density at radius 1 is 1.00 bits per heavy atom. The molecule has 130 valence electrons. The zero-order valence-electron chi connectivity index (χ0n) is 14.0. The van der Waals surface area contributed by atoms with E-state index in [0.29, 0.717) is 29.4 Å². The fourth-order valence-corrected chi connectivity index (χ4v) is 3.03. The SMILES string of the molecule is CC(=O)c1ccc(N2CCN(C(=O)Nc3cccc(Cl)c3)CC2)cc1. The van der Waals surface area contributed by atoms with Crippen LogP contribution in [0.15, 0.2) is 48.5 Å². The molecule has 0 atom stereocenters. The van der Waals surface area contributed by atoms with Crippen molar-refractivity contribution < 1.29 is 9.59 Å². The predicted molar refractivity (Wildman–Crippen MR) is 101 cm³/mol. The molecule has 0 unspecified atom stereocenters. The number of benzene rings is 2. The summed E-state index contributed by atoms with van der Waals surface area (Å²) < 4.78 is 0. The summed E-state index contributed by atoms with van der Waals surface area (Å²) in [6.45, 7) is 4.35. The highest BCUT2D eigenvalue weighted by molar-refractivity contribution is 6.30. The van der Waals surface area contributed by atoms with Crippen LogP contribution in [0, 0.1) is 0 Å². The number of rotatable bonds is 3. The molecular weight excluding hydrogens is 338 g/mol. The second-order valence-corrected chi connectivity index (χ2v) is 6.45. The molecule has 2 aromatic carbocycles. The Kier molecular flexibility index (Phi) is 5.24. The minimum Gasteiger partial charge on any atom is -0.368 e. The van der Waals surface area contributed by atoms with Crippen molar-refractivity contribution in [2.45, 2.75) is 6.92 Å². The van der Waals surface area contributed by atoms with Crippen LogP contribution >= 0.6 is 11.6 Å². The maximum Gasteiger partial charge on any atom is 0.321 e. The van der Waals surface area contributed by atoms with Crippen molar-refractivity contribution in [1.29, 1.82) is 0 Å². The smallest absolute Gasteiger partial charge is 0.321 e. The number of nitrogens with zero attached hydrogens (tertiary/aromatic N) is 2. The Morgan fingerprint density at radius 2 is 1.68 bits per heavy atom. The molecule has 0 spiro atoms. The van der Waals surface area contributed by atoms with Gasteiger partial charge >= 0.3 is 6.03 Å². The molecule has 0 aromatic heterocycles. The van der Waals surface area contributed by atoms with Crippen molar-refractivity contribution >= 4 is 34.8 Å². The van der Waals surface area contributed by atoms with E-state index < -0.39 is 0 Å². The van der Waals surface area contributed by atoms with Gasteiger partial charge in [-0.25, -0.2) is 4.79 Å². The van der Waals surface area contributed by atoms with Crippen molar-refractivity contribution in [2.75, 3.05) is 36.4 Å². The van der Waals surface area contributed by atoms with E-state index in [0.717, 1.165) is 18.8 Å². The van der Waals surface area contributed by atoms with Gasteiger partial charge in [0.1, 0.15) is 0 Å². The monoisotopic (exact) mass is 357 g/mol. The van der Waals surface area contributed by atoms with Crippen LogP contribution in [0.4, 0.5) is 16.2 Å². The maximum atomic E-state index is 12.4. The van der Waals surface area contributed by atoms with Crippen LogP contribution in [0.2, 0.25) is 5.02 Å². The number of carbonyl (C=O) groups is 2. The van der Waals surface area contributed by atoms with Crippen molar-refractivity contribution in [3.63, 3.8) is 0 Å². The van der Waals surface area contributed by atoms with Gasteiger partial charge in [-0.05, 0) is 49.4 Å². The highest BCUT2D eigenvalue weighted by Gasteiger charge is 2.21. The molecule has 0 bridgehead atoms. The van der Waals surface area contributed by atoms with Gasteiger partial charge < -0.3 is 15.1 Å². The van der Waals surface area contributed by atoms with Gasteiger partial charge in [0, 0.05) is 48.1 Å². The minimum atomic E-state index is -0.117. The summed E-state index contributed by atoms with van der Waals surface area (Å²) in [4.78, 5) is 27.7. The van der Waals surface area contributed by atoms with E-state index in [1.807, 2.05) is 30.3 Å². The number of Topliss-reactive ketones (excluding diaryl/α,β-unsaturated/α-hetero) is 1. The third-order valence-electron chi connectivity index (χ3n) is 4.28. The van der Waals surface area contributed by atoms with Crippen molar-refractivity contribution in [3.05, 3.63) is 59.1 Å².